The molecule has 0 spiro atoms. The molecule has 25 heavy (non-hydrogen) atoms. The van der Waals surface area contributed by atoms with Crippen LogP contribution in [0, 0.1) is 5.92 Å². The lowest BCUT2D eigenvalue weighted by atomic mass is 9.92. The van der Waals surface area contributed by atoms with Gasteiger partial charge in [0.15, 0.2) is 0 Å². The third-order valence-electron chi connectivity index (χ3n) is 5.42. The van der Waals surface area contributed by atoms with Crippen LogP contribution in [0.1, 0.15) is 37.6 Å². The predicted octanol–water partition coefficient (Wildman–Crippen LogP) is 1.76. The van der Waals surface area contributed by atoms with Crippen molar-refractivity contribution in [2.24, 2.45) is 13.0 Å². The van der Waals surface area contributed by atoms with Crippen LogP contribution >= 0.6 is 0 Å². The van der Waals surface area contributed by atoms with Crippen molar-refractivity contribution in [3.63, 3.8) is 0 Å². The molecule has 0 aliphatic carbocycles. The Hall–Kier alpha value is -2.15. The van der Waals surface area contributed by atoms with Crippen LogP contribution in [0.5, 0.6) is 0 Å². The molecule has 0 bridgehead atoms. The van der Waals surface area contributed by atoms with Gasteiger partial charge in [0.05, 0.1) is 0 Å². The molecule has 0 radical (unpaired) electrons. The molecule has 7 heteroatoms. The van der Waals surface area contributed by atoms with Crippen LogP contribution < -0.4 is 9.80 Å². The summed E-state index contributed by atoms with van der Waals surface area (Å²) in [6.07, 6.45) is 9.29. The van der Waals surface area contributed by atoms with Crippen molar-refractivity contribution in [2.45, 2.75) is 31.8 Å². The van der Waals surface area contributed by atoms with E-state index in [2.05, 4.69) is 30.8 Å². The largest absolute Gasteiger partial charge is 0.385 e. The zero-order valence-electron chi connectivity index (χ0n) is 14.8. The van der Waals surface area contributed by atoms with Crippen molar-refractivity contribution in [2.75, 3.05) is 36.0 Å². The van der Waals surface area contributed by atoms with E-state index in [1.165, 1.54) is 12.8 Å². The molecule has 0 aromatic carbocycles. The summed E-state index contributed by atoms with van der Waals surface area (Å²) in [6, 6.07) is 2.10. The Labute approximate surface area is 148 Å². The van der Waals surface area contributed by atoms with Gasteiger partial charge in [0.25, 0.3) is 0 Å². The SMILES string of the molecule is Cn1ccnc1C(O)C1CCCN(c2cc(N3CCCC3)ncn2)C1. The summed E-state index contributed by atoms with van der Waals surface area (Å²) in [7, 11) is 1.93. The minimum Gasteiger partial charge on any atom is -0.385 e. The Morgan fingerprint density at radius 2 is 1.76 bits per heavy atom. The summed E-state index contributed by atoms with van der Waals surface area (Å²) in [5.41, 5.74) is 0. The minimum atomic E-state index is -0.539. The summed E-state index contributed by atoms with van der Waals surface area (Å²) in [5.74, 6) is 2.90. The number of nitrogens with zero attached hydrogens (tertiary/aromatic N) is 6. The molecule has 2 aromatic heterocycles. The predicted molar refractivity (Wildman–Crippen MR) is 96.6 cm³/mol. The molecule has 2 aromatic rings. The fourth-order valence-electron chi connectivity index (χ4n) is 3.98. The van der Waals surface area contributed by atoms with Crippen LogP contribution in [0.2, 0.25) is 0 Å². The maximum atomic E-state index is 10.8. The average Bonchev–Trinajstić information content (AvgIpc) is 3.33. The Bertz CT molecular complexity index is 711. The van der Waals surface area contributed by atoms with E-state index < -0.39 is 6.10 Å². The van der Waals surface area contributed by atoms with E-state index in [-0.39, 0.29) is 5.92 Å². The number of rotatable bonds is 4. The van der Waals surface area contributed by atoms with Gasteiger partial charge >= 0.3 is 0 Å². The maximum Gasteiger partial charge on any atom is 0.137 e. The van der Waals surface area contributed by atoms with Crippen molar-refractivity contribution in [1.82, 2.24) is 19.5 Å². The van der Waals surface area contributed by atoms with Crippen LogP contribution in [0.3, 0.4) is 0 Å². The normalized spacial score (nSPS) is 22.4. The van der Waals surface area contributed by atoms with Crippen molar-refractivity contribution in [3.05, 3.63) is 30.6 Å². The number of piperidine rings is 1. The molecule has 2 aliphatic heterocycles. The molecule has 7 nitrogen and oxygen atoms in total. The number of imidazole rings is 1. The van der Waals surface area contributed by atoms with Gasteiger partial charge in [0, 0.05) is 57.6 Å². The van der Waals surface area contributed by atoms with Gasteiger partial charge in [-0.3, -0.25) is 0 Å². The van der Waals surface area contributed by atoms with Crippen molar-refractivity contribution in [1.29, 1.82) is 0 Å². The van der Waals surface area contributed by atoms with Crippen molar-refractivity contribution in [3.8, 4) is 0 Å². The Kier molecular flexibility index (Phi) is 4.57. The summed E-state index contributed by atoms with van der Waals surface area (Å²) in [5, 5.41) is 10.8. The lowest BCUT2D eigenvalue weighted by Gasteiger charge is -2.35. The van der Waals surface area contributed by atoms with Gasteiger partial charge in [0.2, 0.25) is 0 Å². The molecule has 2 aliphatic rings. The molecule has 4 rings (SSSR count). The molecule has 2 fully saturated rings. The second-order valence-electron chi connectivity index (χ2n) is 7.12. The third-order valence-corrected chi connectivity index (χ3v) is 5.42. The van der Waals surface area contributed by atoms with Gasteiger partial charge in [-0.1, -0.05) is 0 Å². The molecular weight excluding hydrogens is 316 g/mol. The highest BCUT2D eigenvalue weighted by molar-refractivity contribution is 5.50. The van der Waals surface area contributed by atoms with Gasteiger partial charge in [-0.2, -0.15) is 0 Å². The van der Waals surface area contributed by atoms with E-state index in [0.717, 1.165) is 56.5 Å². The first-order chi connectivity index (χ1) is 12.2. The molecule has 0 amide bonds. The lowest BCUT2D eigenvalue weighted by molar-refractivity contribution is 0.0874. The van der Waals surface area contributed by atoms with E-state index >= 15 is 0 Å². The summed E-state index contributed by atoms with van der Waals surface area (Å²) >= 11 is 0. The maximum absolute atomic E-state index is 10.8. The summed E-state index contributed by atoms with van der Waals surface area (Å²) in [4.78, 5) is 17.9. The van der Waals surface area contributed by atoms with Crippen LogP contribution in [-0.4, -0.2) is 50.8 Å². The van der Waals surface area contributed by atoms with E-state index in [9.17, 15) is 5.11 Å². The fourth-order valence-corrected chi connectivity index (χ4v) is 3.98. The number of aliphatic hydroxyl groups excluding tert-OH is 1. The van der Waals surface area contributed by atoms with Gasteiger partial charge < -0.3 is 19.5 Å². The molecule has 2 unspecified atom stereocenters. The van der Waals surface area contributed by atoms with Crippen LogP contribution in [-0.2, 0) is 7.05 Å². The number of aromatic nitrogens is 4. The average molecular weight is 342 g/mol. The molecule has 2 atom stereocenters. The smallest absolute Gasteiger partial charge is 0.137 e. The molecule has 4 heterocycles. The highest BCUT2D eigenvalue weighted by atomic mass is 16.3. The number of aliphatic hydroxyl groups is 1. The topological polar surface area (TPSA) is 70.3 Å². The molecular formula is C18H26N6O. The summed E-state index contributed by atoms with van der Waals surface area (Å²) in [6.45, 7) is 3.93. The van der Waals surface area contributed by atoms with Gasteiger partial charge in [-0.05, 0) is 25.7 Å². The first kappa shape index (κ1) is 16.3. The lowest BCUT2D eigenvalue weighted by Crippen LogP contribution is -2.39. The Morgan fingerprint density at radius 3 is 2.48 bits per heavy atom. The van der Waals surface area contributed by atoms with Crippen molar-refractivity contribution >= 4 is 11.6 Å². The third kappa shape index (κ3) is 3.33. The van der Waals surface area contributed by atoms with Gasteiger partial charge in [-0.15, -0.1) is 0 Å². The molecule has 0 saturated carbocycles. The number of anilines is 2. The summed E-state index contributed by atoms with van der Waals surface area (Å²) < 4.78 is 1.90. The zero-order chi connectivity index (χ0) is 17.2. The van der Waals surface area contributed by atoms with Gasteiger partial charge in [0.1, 0.15) is 29.9 Å². The number of hydrogen-bond donors (Lipinski definition) is 1. The second-order valence-corrected chi connectivity index (χ2v) is 7.12. The van der Waals surface area contributed by atoms with Crippen LogP contribution in [0.25, 0.3) is 0 Å². The Balaban J connectivity index is 1.49. The highest BCUT2D eigenvalue weighted by Gasteiger charge is 2.30. The number of hydrogen-bond acceptors (Lipinski definition) is 6. The van der Waals surface area contributed by atoms with E-state index in [0.29, 0.717) is 0 Å². The molecule has 134 valence electrons. The van der Waals surface area contributed by atoms with E-state index in [1.807, 2.05) is 17.8 Å². The van der Waals surface area contributed by atoms with Gasteiger partial charge in [-0.25, -0.2) is 15.0 Å². The molecule has 2 saturated heterocycles. The van der Waals surface area contributed by atoms with E-state index in [1.54, 1.807) is 12.5 Å². The first-order valence-corrected chi connectivity index (χ1v) is 9.19. The van der Waals surface area contributed by atoms with Crippen molar-refractivity contribution < 1.29 is 5.11 Å². The minimum absolute atomic E-state index is 0.167. The van der Waals surface area contributed by atoms with Crippen LogP contribution in [0.15, 0.2) is 24.8 Å². The van der Waals surface area contributed by atoms with Crippen LogP contribution in [0.4, 0.5) is 11.6 Å². The molecule has 1 N–H and O–H groups in total. The highest BCUT2D eigenvalue weighted by Crippen LogP contribution is 2.31. The monoisotopic (exact) mass is 342 g/mol. The first-order valence-electron chi connectivity index (χ1n) is 9.19. The van der Waals surface area contributed by atoms with E-state index in [4.69, 9.17) is 0 Å². The standard InChI is InChI=1S/C18H26N6O/c1-22-10-6-19-18(22)17(25)14-5-4-9-24(12-14)16-11-15(20-13-21-16)23-7-2-3-8-23/h6,10-11,13-14,17,25H,2-5,7-9,12H2,1H3. The number of aryl methyl sites for hydroxylation is 1. The zero-order valence-corrected chi connectivity index (χ0v) is 14.8. The quantitative estimate of drug-likeness (QED) is 0.913. The fraction of sp³-hybridized carbons (Fsp3) is 0.611. The Morgan fingerprint density at radius 1 is 1.04 bits per heavy atom. The second kappa shape index (κ2) is 7.00.